The quantitative estimate of drug-likeness (QED) is 0.523. The Bertz CT molecular complexity index is 448. The van der Waals surface area contributed by atoms with E-state index in [1.54, 1.807) is 0 Å². The van der Waals surface area contributed by atoms with Crippen LogP contribution >= 0.6 is 0 Å². The normalized spacial score (nSPS) is 11.8. The zero-order valence-electron chi connectivity index (χ0n) is 8.84. The number of amides is 1. The van der Waals surface area contributed by atoms with Gasteiger partial charge in [-0.05, 0) is 6.07 Å². The van der Waals surface area contributed by atoms with Gasteiger partial charge in [-0.3, -0.25) is 9.59 Å². The van der Waals surface area contributed by atoms with Crippen LogP contribution in [0.1, 0.15) is 16.8 Å². The number of carboxylic acid groups (broad SMARTS) is 1. The molecule has 0 aliphatic heterocycles. The molecule has 0 bridgehead atoms. The van der Waals surface area contributed by atoms with Crippen molar-refractivity contribution in [1.82, 2.24) is 10.3 Å². The molecule has 1 heterocycles. The molecule has 0 aliphatic carbocycles. The van der Waals surface area contributed by atoms with Gasteiger partial charge in [-0.2, -0.15) is 0 Å². The number of carbonyl (C=O) groups is 2. The van der Waals surface area contributed by atoms with E-state index in [4.69, 9.17) is 10.2 Å². The molecule has 0 radical (unpaired) electrons. The van der Waals surface area contributed by atoms with Crippen LogP contribution < -0.4 is 10.9 Å². The Hall–Kier alpha value is -2.15. The molecule has 1 rings (SSSR count). The molecule has 0 aromatic carbocycles. The number of hydrogen-bond acceptors (Lipinski definition) is 4. The molecule has 1 aromatic rings. The number of aromatic amines is 1. The number of hydrogen-bond donors (Lipinski definition) is 4. The minimum atomic E-state index is -1.23. The van der Waals surface area contributed by atoms with Crippen molar-refractivity contribution in [2.24, 2.45) is 0 Å². The molecule has 1 amide bonds. The van der Waals surface area contributed by atoms with Gasteiger partial charge in [0.2, 0.25) is 5.56 Å². The summed E-state index contributed by atoms with van der Waals surface area (Å²) in [6, 6.07) is 1.29. The highest BCUT2D eigenvalue weighted by atomic mass is 16.4. The highest BCUT2D eigenvalue weighted by Gasteiger charge is 2.19. The van der Waals surface area contributed by atoms with E-state index >= 15 is 0 Å². The van der Waals surface area contributed by atoms with Crippen LogP contribution in [-0.2, 0) is 4.79 Å². The third kappa shape index (κ3) is 3.72. The standard InChI is InChI=1S/C10H12N2O5/c13-4-3-7(10(16)17)12-9(15)6-1-2-8(14)11-5-6/h1-2,5,7,13H,3-4H2,(H,11,14)(H,12,15)(H,16,17). The van der Waals surface area contributed by atoms with Crippen molar-refractivity contribution in [3.05, 3.63) is 34.2 Å². The maximum absolute atomic E-state index is 11.6. The summed E-state index contributed by atoms with van der Waals surface area (Å²) in [6.07, 6.45) is 1.11. The molecule has 0 saturated carbocycles. The lowest BCUT2D eigenvalue weighted by Gasteiger charge is -2.12. The fourth-order valence-corrected chi connectivity index (χ4v) is 1.18. The molecular formula is C10H12N2O5. The first-order valence-electron chi connectivity index (χ1n) is 4.88. The van der Waals surface area contributed by atoms with E-state index in [0.29, 0.717) is 0 Å². The summed E-state index contributed by atoms with van der Waals surface area (Å²) in [4.78, 5) is 35.4. The summed E-state index contributed by atoms with van der Waals surface area (Å²) >= 11 is 0. The molecule has 0 spiro atoms. The van der Waals surface area contributed by atoms with E-state index in [1.165, 1.54) is 12.3 Å². The molecule has 7 heteroatoms. The highest BCUT2D eigenvalue weighted by molar-refractivity contribution is 5.96. The van der Waals surface area contributed by atoms with Gasteiger partial charge in [0.1, 0.15) is 6.04 Å². The molecule has 1 aromatic heterocycles. The third-order valence-corrected chi connectivity index (χ3v) is 2.07. The second-order valence-corrected chi connectivity index (χ2v) is 3.32. The van der Waals surface area contributed by atoms with Crippen molar-refractivity contribution < 1.29 is 19.8 Å². The molecule has 7 nitrogen and oxygen atoms in total. The predicted molar refractivity (Wildman–Crippen MR) is 57.7 cm³/mol. The molecule has 1 atom stereocenters. The van der Waals surface area contributed by atoms with Gasteiger partial charge in [0.05, 0.1) is 5.56 Å². The minimum absolute atomic E-state index is 0.0789. The number of aromatic nitrogens is 1. The van der Waals surface area contributed by atoms with Crippen LogP contribution in [-0.4, -0.2) is 39.7 Å². The van der Waals surface area contributed by atoms with Crippen molar-refractivity contribution in [1.29, 1.82) is 0 Å². The fourth-order valence-electron chi connectivity index (χ4n) is 1.18. The monoisotopic (exact) mass is 240 g/mol. The van der Waals surface area contributed by atoms with Crippen LogP contribution in [0, 0.1) is 0 Å². The van der Waals surface area contributed by atoms with Crippen LogP contribution in [0.5, 0.6) is 0 Å². The molecule has 0 aliphatic rings. The largest absolute Gasteiger partial charge is 0.480 e. The number of pyridine rings is 1. The SMILES string of the molecule is O=C(NC(CCO)C(=O)O)c1ccc(=O)[nH]c1. The van der Waals surface area contributed by atoms with E-state index in [2.05, 4.69) is 10.3 Å². The van der Waals surface area contributed by atoms with Gasteiger partial charge < -0.3 is 20.5 Å². The molecule has 92 valence electrons. The van der Waals surface area contributed by atoms with E-state index in [-0.39, 0.29) is 24.2 Å². The van der Waals surface area contributed by atoms with Gasteiger partial charge in [-0.1, -0.05) is 0 Å². The Kier molecular flexibility index (Phi) is 4.41. The van der Waals surface area contributed by atoms with Crippen LogP contribution in [0.4, 0.5) is 0 Å². The minimum Gasteiger partial charge on any atom is -0.480 e. The van der Waals surface area contributed by atoms with Crippen LogP contribution in [0.25, 0.3) is 0 Å². The number of rotatable bonds is 5. The molecule has 17 heavy (non-hydrogen) atoms. The molecule has 0 saturated heterocycles. The molecule has 0 fully saturated rings. The van der Waals surface area contributed by atoms with Crippen molar-refractivity contribution >= 4 is 11.9 Å². The number of carboxylic acids is 1. The van der Waals surface area contributed by atoms with Gasteiger partial charge >= 0.3 is 5.97 Å². The number of nitrogens with one attached hydrogen (secondary N) is 2. The lowest BCUT2D eigenvalue weighted by Crippen LogP contribution is -2.41. The summed E-state index contributed by atoms with van der Waals surface area (Å²) in [5, 5.41) is 19.6. The highest BCUT2D eigenvalue weighted by Crippen LogP contribution is 1.97. The summed E-state index contributed by atoms with van der Waals surface area (Å²) < 4.78 is 0. The molecule has 1 unspecified atom stereocenters. The number of carbonyl (C=O) groups excluding carboxylic acids is 1. The Balaban J connectivity index is 2.73. The number of aliphatic hydroxyl groups is 1. The van der Waals surface area contributed by atoms with Gasteiger partial charge in [0.15, 0.2) is 0 Å². The van der Waals surface area contributed by atoms with Crippen LogP contribution in [0.15, 0.2) is 23.1 Å². The fraction of sp³-hybridized carbons (Fsp3) is 0.300. The summed E-state index contributed by atoms with van der Waals surface area (Å²) in [5.74, 6) is -1.85. The first kappa shape index (κ1) is 12.9. The smallest absolute Gasteiger partial charge is 0.326 e. The summed E-state index contributed by atoms with van der Waals surface area (Å²) in [7, 11) is 0. The van der Waals surface area contributed by atoms with Crippen LogP contribution in [0.3, 0.4) is 0 Å². The Morgan fingerprint density at radius 2 is 2.12 bits per heavy atom. The maximum Gasteiger partial charge on any atom is 0.326 e. The lowest BCUT2D eigenvalue weighted by molar-refractivity contribution is -0.139. The number of H-pyrrole nitrogens is 1. The number of aliphatic carboxylic acids is 1. The molecule has 4 N–H and O–H groups in total. The zero-order valence-corrected chi connectivity index (χ0v) is 8.84. The predicted octanol–water partition coefficient (Wildman–Crippen LogP) is -1.06. The maximum atomic E-state index is 11.6. The zero-order chi connectivity index (χ0) is 12.8. The van der Waals surface area contributed by atoms with Crippen molar-refractivity contribution in [3.8, 4) is 0 Å². The van der Waals surface area contributed by atoms with Crippen molar-refractivity contribution in [3.63, 3.8) is 0 Å². The first-order chi connectivity index (χ1) is 8.04. The van der Waals surface area contributed by atoms with E-state index in [9.17, 15) is 14.4 Å². The Morgan fingerprint density at radius 3 is 2.59 bits per heavy atom. The topological polar surface area (TPSA) is 119 Å². The van der Waals surface area contributed by atoms with E-state index < -0.39 is 17.9 Å². The third-order valence-electron chi connectivity index (χ3n) is 2.07. The molecular weight excluding hydrogens is 228 g/mol. The number of aliphatic hydroxyl groups excluding tert-OH is 1. The Morgan fingerprint density at radius 1 is 1.41 bits per heavy atom. The Labute approximate surface area is 96.1 Å². The summed E-state index contributed by atoms with van der Waals surface area (Å²) in [6.45, 7) is -0.344. The average Bonchev–Trinajstić information content (AvgIpc) is 2.29. The van der Waals surface area contributed by atoms with Crippen molar-refractivity contribution in [2.75, 3.05) is 6.61 Å². The first-order valence-corrected chi connectivity index (χ1v) is 4.88. The lowest BCUT2D eigenvalue weighted by atomic mass is 10.2. The van der Waals surface area contributed by atoms with Gasteiger partial charge in [0.25, 0.3) is 5.91 Å². The van der Waals surface area contributed by atoms with Gasteiger partial charge in [-0.15, -0.1) is 0 Å². The second-order valence-electron chi connectivity index (χ2n) is 3.32. The second kappa shape index (κ2) is 5.80. The average molecular weight is 240 g/mol. The van der Waals surface area contributed by atoms with Crippen LogP contribution in [0.2, 0.25) is 0 Å². The van der Waals surface area contributed by atoms with Gasteiger partial charge in [-0.25, -0.2) is 4.79 Å². The summed E-state index contributed by atoms with van der Waals surface area (Å²) in [5.41, 5.74) is -0.208. The van der Waals surface area contributed by atoms with E-state index in [0.717, 1.165) is 6.07 Å². The van der Waals surface area contributed by atoms with Crippen molar-refractivity contribution in [2.45, 2.75) is 12.5 Å². The van der Waals surface area contributed by atoms with Gasteiger partial charge in [0, 0.05) is 25.3 Å². The van der Waals surface area contributed by atoms with E-state index in [1.807, 2.05) is 0 Å².